The summed E-state index contributed by atoms with van der Waals surface area (Å²) >= 11 is 0. The number of nitrogens with one attached hydrogen (secondary N) is 1. The first kappa shape index (κ1) is 13.1. The Morgan fingerprint density at radius 1 is 1.00 bits per heavy atom. The number of carbonyl (C=O) groups is 2. The smallest absolute Gasteiger partial charge is 0.253 e. The number of benzene rings is 2. The summed E-state index contributed by atoms with van der Waals surface area (Å²) in [6.45, 7) is 0.0699. The Labute approximate surface area is 121 Å². The van der Waals surface area contributed by atoms with Crippen LogP contribution in [-0.2, 0) is 4.79 Å². The SMILES string of the molecule is O=C(C1=NNCC(=O)N1c1ccccc1)c1ccccc1. The van der Waals surface area contributed by atoms with Gasteiger partial charge in [-0.3, -0.25) is 19.9 Å². The number of nitrogens with zero attached hydrogens (tertiary/aromatic N) is 2. The normalized spacial score (nSPS) is 14.4. The van der Waals surface area contributed by atoms with Crippen molar-refractivity contribution < 1.29 is 9.59 Å². The number of carbonyl (C=O) groups excluding carboxylic acids is 2. The van der Waals surface area contributed by atoms with Crippen molar-refractivity contribution in [3.8, 4) is 0 Å². The molecule has 0 unspecified atom stereocenters. The van der Waals surface area contributed by atoms with Crippen LogP contribution in [0, 0.1) is 0 Å². The van der Waals surface area contributed by atoms with Crippen LogP contribution in [0.2, 0.25) is 0 Å². The number of para-hydroxylation sites is 1. The second-order valence-electron chi connectivity index (χ2n) is 4.53. The van der Waals surface area contributed by atoms with Crippen molar-refractivity contribution in [1.82, 2.24) is 5.43 Å². The van der Waals surface area contributed by atoms with Gasteiger partial charge in [0.2, 0.25) is 11.6 Å². The highest BCUT2D eigenvalue weighted by atomic mass is 16.2. The lowest BCUT2D eigenvalue weighted by atomic mass is 10.1. The van der Waals surface area contributed by atoms with Crippen LogP contribution in [0.25, 0.3) is 0 Å². The number of hydrazone groups is 1. The first-order chi connectivity index (χ1) is 10.3. The Hall–Kier alpha value is -2.95. The summed E-state index contributed by atoms with van der Waals surface area (Å²) in [6, 6.07) is 17.8. The molecule has 1 amide bonds. The largest absolute Gasteiger partial charge is 0.298 e. The quantitative estimate of drug-likeness (QED) is 0.872. The monoisotopic (exact) mass is 279 g/mol. The van der Waals surface area contributed by atoms with Crippen LogP contribution in [0.1, 0.15) is 10.4 Å². The van der Waals surface area contributed by atoms with Crippen molar-refractivity contribution in [3.05, 3.63) is 66.2 Å². The maximum absolute atomic E-state index is 12.6. The number of Topliss-reactive ketones (excluding diaryl/α,β-unsaturated/α-hetero) is 1. The predicted molar refractivity (Wildman–Crippen MR) is 80.1 cm³/mol. The highest BCUT2D eigenvalue weighted by Crippen LogP contribution is 2.18. The van der Waals surface area contributed by atoms with Crippen LogP contribution in [0.3, 0.4) is 0 Å². The van der Waals surface area contributed by atoms with Gasteiger partial charge in [0.1, 0.15) is 6.54 Å². The van der Waals surface area contributed by atoms with Gasteiger partial charge in [0.05, 0.1) is 5.69 Å². The molecule has 0 atom stereocenters. The zero-order valence-electron chi connectivity index (χ0n) is 11.2. The third kappa shape index (κ3) is 2.53. The standard InChI is InChI=1S/C16H13N3O2/c20-14-11-17-18-16(15(21)12-7-3-1-4-8-12)19(14)13-9-5-2-6-10-13/h1-10,17H,11H2. The Bertz CT molecular complexity index is 696. The van der Waals surface area contributed by atoms with Crippen molar-refractivity contribution in [1.29, 1.82) is 0 Å². The van der Waals surface area contributed by atoms with Gasteiger partial charge >= 0.3 is 0 Å². The van der Waals surface area contributed by atoms with Gasteiger partial charge in [-0.1, -0.05) is 48.5 Å². The molecule has 5 nitrogen and oxygen atoms in total. The molecule has 0 bridgehead atoms. The summed E-state index contributed by atoms with van der Waals surface area (Å²) in [5.41, 5.74) is 3.74. The van der Waals surface area contributed by atoms with E-state index in [0.717, 1.165) is 0 Å². The molecule has 0 fully saturated rings. The van der Waals surface area contributed by atoms with Gasteiger partial charge in [-0.15, -0.1) is 0 Å². The Morgan fingerprint density at radius 3 is 2.29 bits per heavy atom. The van der Waals surface area contributed by atoms with E-state index in [-0.39, 0.29) is 24.1 Å². The van der Waals surface area contributed by atoms with Gasteiger partial charge < -0.3 is 0 Å². The average molecular weight is 279 g/mol. The number of amides is 1. The molecular weight excluding hydrogens is 266 g/mol. The van der Waals surface area contributed by atoms with E-state index in [9.17, 15) is 9.59 Å². The molecule has 1 heterocycles. The topological polar surface area (TPSA) is 61.8 Å². The minimum absolute atomic E-state index is 0.0699. The molecule has 0 saturated carbocycles. The van der Waals surface area contributed by atoms with E-state index in [1.807, 2.05) is 24.3 Å². The van der Waals surface area contributed by atoms with Gasteiger partial charge in [0.15, 0.2) is 0 Å². The molecule has 2 aromatic rings. The number of hydrogen-bond acceptors (Lipinski definition) is 4. The lowest BCUT2D eigenvalue weighted by Gasteiger charge is -2.26. The molecule has 0 aliphatic carbocycles. The molecule has 3 rings (SSSR count). The van der Waals surface area contributed by atoms with Crippen molar-refractivity contribution in [3.63, 3.8) is 0 Å². The number of rotatable bonds is 3. The van der Waals surface area contributed by atoms with E-state index in [1.165, 1.54) is 4.90 Å². The summed E-state index contributed by atoms with van der Waals surface area (Å²) < 4.78 is 0. The van der Waals surface area contributed by atoms with E-state index < -0.39 is 0 Å². The maximum Gasteiger partial charge on any atom is 0.253 e. The molecule has 21 heavy (non-hydrogen) atoms. The fraction of sp³-hybridized carbons (Fsp3) is 0.0625. The fourth-order valence-electron chi connectivity index (χ4n) is 2.14. The molecule has 5 heteroatoms. The molecule has 1 aliphatic rings. The van der Waals surface area contributed by atoms with Gasteiger partial charge in [-0.2, -0.15) is 5.10 Å². The predicted octanol–water partition coefficient (Wildman–Crippen LogP) is 1.82. The van der Waals surface area contributed by atoms with Gasteiger partial charge in [0, 0.05) is 5.56 Å². The molecule has 0 aromatic heterocycles. The zero-order valence-corrected chi connectivity index (χ0v) is 11.2. The molecule has 1 aliphatic heterocycles. The molecule has 0 spiro atoms. The highest BCUT2D eigenvalue weighted by molar-refractivity contribution is 6.53. The van der Waals surface area contributed by atoms with Crippen LogP contribution >= 0.6 is 0 Å². The van der Waals surface area contributed by atoms with Crippen LogP contribution in [-0.4, -0.2) is 24.1 Å². The third-order valence-electron chi connectivity index (χ3n) is 3.13. The van der Waals surface area contributed by atoms with E-state index in [4.69, 9.17) is 0 Å². The van der Waals surface area contributed by atoms with Crippen molar-refractivity contribution >= 4 is 23.2 Å². The van der Waals surface area contributed by atoms with Crippen LogP contribution in [0.4, 0.5) is 5.69 Å². The summed E-state index contributed by atoms with van der Waals surface area (Å²) in [5.74, 6) is -0.417. The highest BCUT2D eigenvalue weighted by Gasteiger charge is 2.30. The van der Waals surface area contributed by atoms with Crippen molar-refractivity contribution in [2.75, 3.05) is 11.4 Å². The lowest BCUT2D eigenvalue weighted by molar-refractivity contribution is -0.117. The van der Waals surface area contributed by atoms with Gasteiger partial charge in [0.25, 0.3) is 5.91 Å². The third-order valence-corrected chi connectivity index (χ3v) is 3.13. The molecular formula is C16H13N3O2. The molecule has 0 saturated heterocycles. The Morgan fingerprint density at radius 2 is 1.62 bits per heavy atom. The lowest BCUT2D eigenvalue weighted by Crippen LogP contribution is -2.50. The van der Waals surface area contributed by atoms with E-state index in [1.54, 1.807) is 36.4 Å². The van der Waals surface area contributed by atoms with Crippen LogP contribution in [0.5, 0.6) is 0 Å². The zero-order chi connectivity index (χ0) is 14.7. The molecule has 0 radical (unpaired) electrons. The molecule has 2 aromatic carbocycles. The Balaban J connectivity index is 2.01. The summed E-state index contributed by atoms with van der Waals surface area (Å²) in [4.78, 5) is 26.1. The van der Waals surface area contributed by atoms with E-state index in [2.05, 4.69) is 10.5 Å². The van der Waals surface area contributed by atoms with Gasteiger partial charge in [-0.05, 0) is 12.1 Å². The molecule has 1 N–H and O–H groups in total. The fourth-order valence-corrected chi connectivity index (χ4v) is 2.14. The maximum atomic E-state index is 12.6. The average Bonchev–Trinajstić information content (AvgIpc) is 2.55. The minimum Gasteiger partial charge on any atom is -0.298 e. The summed E-state index contributed by atoms with van der Waals surface area (Å²) in [6.07, 6.45) is 0. The molecule has 104 valence electrons. The van der Waals surface area contributed by atoms with Crippen LogP contribution in [0.15, 0.2) is 65.8 Å². The van der Waals surface area contributed by atoms with E-state index >= 15 is 0 Å². The first-order valence-corrected chi connectivity index (χ1v) is 6.55. The second-order valence-corrected chi connectivity index (χ2v) is 4.53. The summed E-state index contributed by atoms with van der Waals surface area (Å²) in [7, 11) is 0. The number of amidine groups is 1. The van der Waals surface area contributed by atoms with Crippen molar-refractivity contribution in [2.45, 2.75) is 0 Å². The number of ketones is 1. The first-order valence-electron chi connectivity index (χ1n) is 6.55. The number of anilines is 1. The summed E-state index contributed by atoms with van der Waals surface area (Å²) in [5, 5.41) is 4.04. The second kappa shape index (κ2) is 5.58. The minimum atomic E-state index is -0.292. The van der Waals surface area contributed by atoms with Gasteiger partial charge in [-0.25, -0.2) is 0 Å². The Kier molecular flexibility index (Phi) is 3.47. The van der Waals surface area contributed by atoms with Crippen molar-refractivity contribution in [2.24, 2.45) is 5.10 Å². The van der Waals surface area contributed by atoms with E-state index in [0.29, 0.717) is 11.3 Å². The van der Waals surface area contributed by atoms with Crippen LogP contribution < -0.4 is 10.3 Å². The number of hydrogen-bond donors (Lipinski definition) is 1.